The number of nitrogens with one attached hydrogen (secondary N) is 1. The second-order valence-electron chi connectivity index (χ2n) is 7.12. The number of hydrogen-bond acceptors (Lipinski definition) is 4. The van der Waals surface area contributed by atoms with Crippen molar-refractivity contribution in [2.45, 2.75) is 32.7 Å². The molecule has 0 spiro atoms. The van der Waals surface area contributed by atoms with Crippen LogP contribution in [-0.4, -0.2) is 4.98 Å². The molecule has 2 aromatic carbocycles. The first-order valence-electron chi connectivity index (χ1n) is 8.37. The van der Waals surface area contributed by atoms with Crippen LogP contribution in [0.1, 0.15) is 37.6 Å². The van der Waals surface area contributed by atoms with E-state index in [1.807, 2.05) is 30.3 Å². The third kappa shape index (κ3) is 3.92. The van der Waals surface area contributed by atoms with Gasteiger partial charge in [-0.05, 0) is 40.8 Å². The van der Waals surface area contributed by atoms with E-state index in [1.54, 1.807) is 12.1 Å². The lowest BCUT2D eigenvalue weighted by Crippen LogP contribution is -2.10. The van der Waals surface area contributed by atoms with Crippen molar-refractivity contribution < 1.29 is 8.81 Å². The minimum absolute atomic E-state index is 0.0643. The Kier molecular flexibility index (Phi) is 4.77. The van der Waals surface area contributed by atoms with E-state index in [4.69, 9.17) is 4.42 Å². The maximum Gasteiger partial charge on any atom is 0.232 e. The van der Waals surface area contributed by atoms with Crippen molar-refractivity contribution in [3.05, 3.63) is 71.2 Å². The van der Waals surface area contributed by atoms with E-state index in [0.29, 0.717) is 18.3 Å². The molecule has 0 amide bonds. The smallest absolute Gasteiger partial charge is 0.232 e. The van der Waals surface area contributed by atoms with E-state index in [1.165, 1.54) is 17.7 Å². The molecule has 0 radical (unpaired) electrons. The molecule has 1 heterocycles. The zero-order valence-corrected chi connectivity index (χ0v) is 15.0. The molecule has 0 aliphatic carbocycles. The number of halogens is 1. The molecule has 0 unspecified atom stereocenters. The van der Waals surface area contributed by atoms with Crippen LogP contribution in [0.2, 0.25) is 0 Å². The molecule has 0 bridgehead atoms. The Morgan fingerprint density at radius 1 is 1.08 bits per heavy atom. The van der Waals surface area contributed by atoms with Gasteiger partial charge in [-0.25, -0.2) is 4.39 Å². The summed E-state index contributed by atoms with van der Waals surface area (Å²) in [5.41, 5.74) is 3.16. The van der Waals surface area contributed by atoms with Gasteiger partial charge in [-0.15, -0.1) is 0 Å². The standard InChI is InChI=1S/C21H20FN3O/c1-21(2,3)16-8-6-15(7-9-16)19-25-18(12-23)20(26-19)24-13-14-4-10-17(22)11-5-14/h4-11,24H,13H2,1-3H3. The molecule has 0 saturated heterocycles. The number of benzene rings is 2. The number of nitrogens with zero attached hydrogens (tertiary/aromatic N) is 2. The molecule has 4 nitrogen and oxygen atoms in total. The number of anilines is 1. The number of nitriles is 1. The monoisotopic (exact) mass is 349 g/mol. The fraction of sp³-hybridized carbons (Fsp3) is 0.238. The molecule has 5 heteroatoms. The highest BCUT2D eigenvalue weighted by atomic mass is 19.1. The summed E-state index contributed by atoms with van der Waals surface area (Å²) in [7, 11) is 0. The Morgan fingerprint density at radius 3 is 2.31 bits per heavy atom. The normalized spacial score (nSPS) is 11.2. The molecule has 0 aliphatic heterocycles. The van der Waals surface area contributed by atoms with Gasteiger partial charge in [0.05, 0.1) is 0 Å². The fourth-order valence-corrected chi connectivity index (χ4v) is 2.54. The van der Waals surface area contributed by atoms with Gasteiger partial charge in [-0.2, -0.15) is 10.2 Å². The van der Waals surface area contributed by atoms with Gasteiger partial charge in [0.25, 0.3) is 0 Å². The molecule has 0 atom stereocenters. The van der Waals surface area contributed by atoms with Crippen molar-refractivity contribution in [3.63, 3.8) is 0 Å². The van der Waals surface area contributed by atoms with E-state index in [-0.39, 0.29) is 16.9 Å². The summed E-state index contributed by atoms with van der Waals surface area (Å²) in [4.78, 5) is 4.27. The van der Waals surface area contributed by atoms with Gasteiger partial charge in [0.2, 0.25) is 17.5 Å². The topological polar surface area (TPSA) is 61.9 Å². The van der Waals surface area contributed by atoms with Crippen molar-refractivity contribution in [2.75, 3.05) is 5.32 Å². The Hall–Kier alpha value is -3.13. The predicted molar refractivity (Wildman–Crippen MR) is 99.1 cm³/mol. The van der Waals surface area contributed by atoms with Crippen LogP contribution in [0.5, 0.6) is 0 Å². The summed E-state index contributed by atoms with van der Waals surface area (Å²) in [6, 6.07) is 16.1. The Morgan fingerprint density at radius 2 is 1.73 bits per heavy atom. The fourth-order valence-electron chi connectivity index (χ4n) is 2.54. The first-order chi connectivity index (χ1) is 12.4. The van der Waals surface area contributed by atoms with Crippen LogP contribution in [0.3, 0.4) is 0 Å². The van der Waals surface area contributed by atoms with Crippen molar-refractivity contribution >= 4 is 5.88 Å². The van der Waals surface area contributed by atoms with Crippen molar-refractivity contribution in [3.8, 4) is 17.5 Å². The van der Waals surface area contributed by atoms with Crippen LogP contribution >= 0.6 is 0 Å². The van der Waals surface area contributed by atoms with Gasteiger partial charge in [0, 0.05) is 12.1 Å². The lowest BCUT2D eigenvalue weighted by Gasteiger charge is -2.18. The van der Waals surface area contributed by atoms with E-state index in [0.717, 1.165) is 11.1 Å². The minimum Gasteiger partial charge on any atom is -0.419 e. The summed E-state index contributed by atoms with van der Waals surface area (Å²) < 4.78 is 18.7. The summed E-state index contributed by atoms with van der Waals surface area (Å²) in [5.74, 6) is 0.419. The van der Waals surface area contributed by atoms with Gasteiger partial charge >= 0.3 is 0 Å². The molecule has 26 heavy (non-hydrogen) atoms. The zero-order valence-electron chi connectivity index (χ0n) is 15.0. The van der Waals surface area contributed by atoms with Crippen LogP contribution in [0, 0.1) is 17.1 Å². The highest BCUT2D eigenvalue weighted by molar-refractivity contribution is 5.59. The average Bonchev–Trinajstić information content (AvgIpc) is 3.04. The summed E-state index contributed by atoms with van der Waals surface area (Å²) in [6.45, 7) is 6.86. The SMILES string of the molecule is CC(C)(C)c1ccc(-c2nc(C#N)c(NCc3ccc(F)cc3)o2)cc1. The molecule has 1 aromatic heterocycles. The third-order valence-corrected chi connectivity index (χ3v) is 4.10. The van der Waals surface area contributed by atoms with Crippen molar-refractivity contribution in [1.29, 1.82) is 5.26 Å². The van der Waals surface area contributed by atoms with E-state index >= 15 is 0 Å². The first-order valence-corrected chi connectivity index (χ1v) is 8.37. The Labute approximate surface area is 152 Å². The third-order valence-electron chi connectivity index (χ3n) is 4.10. The molecule has 3 aromatic rings. The first kappa shape index (κ1) is 17.7. The van der Waals surface area contributed by atoms with Gasteiger partial charge in [-0.3, -0.25) is 0 Å². The molecular weight excluding hydrogens is 329 g/mol. The van der Waals surface area contributed by atoms with Crippen LogP contribution in [0.4, 0.5) is 10.3 Å². The summed E-state index contributed by atoms with van der Waals surface area (Å²) in [5, 5.41) is 12.4. The predicted octanol–water partition coefficient (Wildman–Crippen LogP) is 5.26. The zero-order chi connectivity index (χ0) is 18.7. The van der Waals surface area contributed by atoms with Crippen molar-refractivity contribution in [2.24, 2.45) is 0 Å². The van der Waals surface area contributed by atoms with Gasteiger partial charge < -0.3 is 9.73 Å². The van der Waals surface area contributed by atoms with Crippen LogP contribution in [-0.2, 0) is 12.0 Å². The summed E-state index contributed by atoms with van der Waals surface area (Å²) in [6.07, 6.45) is 0. The molecule has 0 saturated carbocycles. The Bertz CT molecular complexity index is 929. The van der Waals surface area contributed by atoms with Crippen LogP contribution < -0.4 is 5.32 Å². The number of rotatable bonds is 4. The highest BCUT2D eigenvalue weighted by Crippen LogP contribution is 2.28. The average molecular weight is 349 g/mol. The summed E-state index contributed by atoms with van der Waals surface area (Å²) >= 11 is 0. The maximum absolute atomic E-state index is 13.0. The van der Waals surface area contributed by atoms with E-state index in [9.17, 15) is 9.65 Å². The molecule has 3 rings (SSSR count). The van der Waals surface area contributed by atoms with E-state index < -0.39 is 0 Å². The van der Waals surface area contributed by atoms with Gasteiger partial charge in [0.15, 0.2) is 0 Å². The molecule has 0 aliphatic rings. The Balaban J connectivity index is 1.80. The number of oxazole rings is 1. The largest absolute Gasteiger partial charge is 0.419 e. The lowest BCUT2D eigenvalue weighted by atomic mass is 9.87. The minimum atomic E-state index is -0.285. The van der Waals surface area contributed by atoms with Crippen LogP contribution in [0.25, 0.3) is 11.5 Å². The van der Waals surface area contributed by atoms with E-state index in [2.05, 4.69) is 31.1 Å². The number of hydrogen-bond donors (Lipinski definition) is 1. The van der Waals surface area contributed by atoms with Crippen LogP contribution in [0.15, 0.2) is 52.9 Å². The molecule has 132 valence electrons. The quantitative estimate of drug-likeness (QED) is 0.698. The highest BCUT2D eigenvalue weighted by Gasteiger charge is 2.17. The maximum atomic E-state index is 13.0. The number of aromatic nitrogens is 1. The second-order valence-corrected chi connectivity index (χ2v) is 7.12. The molecule has 0 fully saturated rings. The molecule has 1 N–H and O–H groups in total. The van der Waals surface area contributed by atoms with Gasteiger partial charge in [-0.1, -0.05) is 45.0 Å². The lowest BCUT2D eigenvalue weighted by molar-refractivity contribution is 0.582. The van der Waals surface area contributed by atoms with Crippen molar-refractivity contribution in [1.82, 2.24) is 4.98 Å². The van der Waals surface area contributed by atoms with Gasteiger partial charge in [0.1, 0.15) is 11.9 Å². The second kappa shape index (κ2) is 7.01. The molecular formula is C21H20FN3O.